The Morgan fingerprint density at radius 3 is 2.21 bits per heavy atom. The van der Waals surface area contributed by atoms with E-state index < -0.39 is 29.4 Å². The number of nitrogen functional groups attached to an aromatic ring is 1. The number of amides is 1. The Hall–Kier alpha value is -5.01. The molecular weight excluding hydrogens is 576 g/mol. The summed E-state index contributed by atoms with van der Waals surface area (Å²) in [7, 11) is 3.69. The van der Waals surface area contributed by atoms with Crippen LogP contribution in [0.5, 0.6) is 0 Å². The van der Waals surface area contributed by atoms with E-state index in [1.54, 1.807) is 24.4 Å². The van der Waals surface area contributed by atoms with Gasteiger partial charge in [0.25, 0.3) is 5.56 Å². The van der Waals surface area contributed by atoms with E-state index in [0.29, 0.717) is 22.7 Å². The Morgan fingerprint density at radius 1 is 0.930 bits per heavy atom. The summed E-state index contributed by atoms with van der Waals surface area (Å²) in [5, 5.41) is 8.40. The van der Waals surface area contributed by atoms with E-state index in [-0.39, 0.29) is 39.7 Å². The van der Waals surface area contributed by atoms with E-state index in [9.17, 15) is 23.2 Å². The zero-order valence-corrected chi connectivity index (χ0v) is 23.9. The number of hydrogen-bond acceptors (Lipinski definition) is 8. The minimum absolute atomic E-state index is 0.102. The number of aromatic nitrogens is 4. The first-order valence-electron chi connectivity index (χ1n) is 13.2. The second-order valence-corrected chi connectivity index (χ2v) is 11.3. The van der Waals surface area contributed by atoms with Gasteiger partial charge in [-0.15, -0.1) is 21.5 Å². The highest BCUT2D eigenvalue weighted by Gasteiger charge is 2.26. The van der Waals surface area contributed by atoms with Crippen LogP contribution < -0.4 is 21.9 Å². The van der Waals surface area contributed by atoms with Gasteiger partial charge in [-0.25, -0.2) is 18.1 Å². The van der Waals surface area contributed by atoms with Gasteiger partial charge in [0, 0.05) is 35.3 Å². The highest BCUT2D eigenvalue weighted by Crippen LogP contribution is 2.38. The van der Waals surface area contributed by atoms with E-state index in [1.807, 2.05) is 31.1 Å². The lowest BCUT2D eigenvalue weighted by Gasteiger charge is -2.15. The number of halogens is 2. The summed E-state index contributed by atoms with van der Waals surface area (Å²) in [4.78, 5) is 44.6. The molecule has 0 fully saturated rings. The Balaban J connectivity index is 1.64. The molecule has 0 saturated heterocycles. The van der Waals surface area contributed by atoms with E-state index in [4.69, 9.17) is 5.73 Å². The molecule has 5 aromatic rings. The van der Waals surface area contributed by atoms with Gasteiger partial charge in [0.1, 0.15) is 16.5 Å². The Morgan fingerprint density at radius 2 is 1.60 bits per heavy atom. The molecule has 2 N–H and O–H groups in total. The molecule has 1 amide bonds. The van der Waals surface area contributed by atoms with E-state index >= 15 is 0 Å². The topological polar surface area (TPSA) is 119 Å². The average Bonchev–Trinajstić information content (AvgIpc) is 3.57. The fraction of sp³-hybridized carbons (Fsp3) is 0.167. The third kappa shape index (κ3) is 5.02. The molecular formula is C30H25F2N7O3S. The minimum Gasteiger partial charge on any atom is -0.399 e. The Labute approximate surface area is 247 Å². The smallest absolute Gasteiger partial charge is 0.338 e. The lowest BCUT2D eigenvalue weighted by molar-refractivity contribution is -0.116. The van der Waals surface area contributed by atoms with Crippen molar-refractivity contribution in [3.05, 3.63) is 110 Å². The number of thiophene rings is 1. The first kappa shape index (κ1) is 28.1. The summed E-state index contributed by atoms with van der Waals surface area (Å²) >= 11 is 1.18. The fourth-order valence-electron chi connectivity index (χ4n) is 5.00. The molecule has 0 saturated carbocycles. The number of nitrogens with zero attached hydrogens (tertiary/aromatic N) is 6. The van der Waals surface area contributed by atoms with Gasteiger partial charge in [-0.1, -0.05) is 24.3 Å². The predicted octanol–water partition coefficient (Wildman–Crippen LogP) is 3.89. The lowest BCUT2D eigenvalue weighted by Crippen LogP contribution is -2.40. The number of fused-ring (bicyclic) bond motifs is 1. The van der Waals surface area contributed by atoms with E-state index in [2.05, 4.69) is 10.2 Å². The van der Waals surface area contributed by atoms with Gasteiger partial charge in [-0.05, 0) is 61.6 Å². The van der Waals surface area contributed by atoms with Gasteiger partial charge in [0.15, 0.2) is 11.6 Å². The molecule has 0 atom stereocenters. The van der Waals surface area contributed by atoms with Crippen molar-refractivity contribution in [2.75, 3.05) is 24.7 Å². The molecule has 1 aliphatic rings. The summed E-state index contributed by atoms with van der Waals surface area (Å²) in [6, 6.07) is 13.4. The maximum absolute atomic E-state index is 14.9. The van der Waals surface area contributed by atoms with Crippen molar-refractivity contribution in [2.24, 2.45) is 0 Å². The van der Waals surface area contributed by atoms with Crippen molar-refractivity contribution in [3.63, 3.8) is 0 Å². The van der Waals surface area contributed by atoms with Crippen LogP contribution in [0.2, 0.25) is 0 Å². The van der Waals surface area contributed by atoms with Crippen LogP contribution in [0, 0.1) is 11.6 Å². The fourth-order valence-corrected chi connectivity index (χ4v) is 6.30. The molecule has 1 aliphatic heterocycles. The van der Waals surface area contributed by atoms with Crippen LogP contribution in [0.25, 0.3) is 26.5 Å². The monoisotopic (exact) mass is 601 g/mol. The minimum atomic E-state index is -0.846. The number of benzene rings is 2. The second kappa shape index (κ2) is 11.0. The zero-order chi connectivity index (χ0) is 30.4. The van der Waals surface area contributed by atoms with Gasteiger partial charge in [0.05, 0.1) is 11.9 Å². The standard InChI is InChI=1S/C30H25F2N7O3S/c1-36(2)15-20-26-28(41)39(24-13-12-23(34-35-24)37-14-4-7-25(37)40)30(42)38(16-19-21(31)5-3-6-22(19)32)29(26)43-27(20)17-8-10-18(33)11-9-17/h3-6,8-14H,7,15-16,33H2,1-2H3. The molecule has 6 rings (SSSR count). The number of anilines is 2. The van der Waals surface area contributed by atoms with Crippen LogP contribution in [0.1, 0.15) is 17.5 Å². The van der Waals surface area contributed by atoms with Gasteiger partial charge >= 0.3 is 5.69 Å². The van der Waals surface area contributed by atoms with Crippen molar-refractivity contribution >= 4 is 39.0 Å². The predicted molar refractivity (Wildman–Crippen MR) is 161 cm³/mol. The third-order valence-corrected chi connectivity index (χ3v) is 8.33. The first-order chi connectivity index (χ1) is 20.6. The molecule has 3 aromatic heterocycles. The Kier molecular flexibility index (Phi) is 7.20. The average molecular weight is 602 g/mol. The first-order valence-corrected chi connectivity index (χ1v) is 14.0. The molecule has 10 nitrogen and oxygen atoms in total. The molecule has 43 heavy (non-hydrogen) atoms. The molecule has 0 aliphatic carbocycles. The van der Waals surface area contributed by atoms with Crippen LogP contribution in [0.15, 0.2) is 76.5 Å². The quantitative estimate of drug-likeness (QED) is 0.281. The zero-order valence-electron chi connectivity index (χ0n) is 23.1. The summed E-state index contributed by atoms with van der Waals surface area (Å²) < 4.78 is 31.7. The van der Waals surface area contributed by atoms with E-state index in [1.165, 1.54) is 39.0 Å². The Bertz CT molecular complexity index is 2010. The molecule has 0 bridgehead atoms. The molecule has 0 unspecified atom stereocenters. The summed E-state index contributed by atoms with van der Waals surface area (Å²) in [6.07, 6.45) is 3.47. The van der Waals surface area contributed by atoms with Crippen molar-refractivity contribution in [3.8, 4) is 16.3 Å². The normalized spacial score (nSPS) is 13.1. The molecule has 218 valence electrons. The third-order valence-electron chi connectivity index (χ3n) is 7.03. The highest BCUT2D eigenvalue weighted by molar-refractivity contribution is 7.22. The van der Waals surface area contributed by atoms with Gasteiger partial charge in [-0.2, -0.15) is 0 Å². The van der Waals surface area contributed by atoms with Crippen molar-refractivity contribution in [1.29, 1.82) is 0 Å². The second-order valence-electron chi connectivity index (χ2n) is 10.3. The molecule has 0 spiro atoms. The largest absolute Gasteiger partial charge is 0.399 e. The summed E-state index contributed by atoms with van der Waals surface area (Å²) in [6.45, 7) is -0.148. The lowest BCUT2D eigenvalue weighted by atomic mass is 10.1. The summed E-state index contributed by atoms with van der Waals surface area (Å²) in [5.74, 6) is -1.73. The van der Waals surface area contributed by atoms with Crippen LogP contribution in [0.4, 0.5) is 20.3 Å². The maximum Gasteiger partial charge on any atom is 0.338 e. The van der Waals surface area contributed by atoms with Gasteiger partial charge in [0.2, 0.25) is 5.91 Å². The van der Waals surface area contributed by atoms with Crippen molar-refractivity contribution < 1.29 is 13.6 Å². The number of carbonyl (C=O) groups excluding carboxylic acids is 1. The molecule has 0 radical (unpaired) electrons. The van der Waals surface area contributed by atoms with Crippen LogP contribution in [-0.4, -0.2) is 44.2 Å². The SMILES string of the molecule is CN(C)Cc1c(-c2ccc(N)cc2)sc2c1c(=O)n(-c1ccc(N3C=CCC3=O)nn1)c(=O)n2Cc1c(F)cccc1F. The van der Waals surface area contributed by atoms with Crippen LogP contribution in [0.3, 0.4) is 0 Å². The van der Waals surface area contributed by atoms with Crippen LogP contribution >= 0.6 is 11.3 Å². The molecule has 4 heterocycles. The maximum atomic E-state index is 14.9. The molecule has 13 heteroatoms. The van der Waals surface area contributed by atoms with Crippen molar-refractivity contribution in [1.82, 2.24) is 24.2 Å². The number of rotatable bonds is 7. The van der Waals surface area contributed by atoms with Gasteiger partial charge < -0.3 is 10.6 Å². The number of hydrogen-bond donors (Lipinski definition) is 1. The van der Waals surface area contributed by atoms with Crippen LogP contribution in [-0.2, 0) is 17.9 Å². The highest BCUT2D eigenvalue weighted by atomic mass is 32.1. The van der Waals surface area contributed by atoms with Crippen molar-refractivity contribution in [2.45, 2.75) is 19.5 Å². The molecule has 2 aromatic carbocycles. The van der Waals surface area contributed by atoms with Gasteiger partial charge in [-0.3, -0.25) is 19.1 Å². The van der Waals surface area contributed by atoms with E-state index in [0.717, 1.165) is 22.3 Å². The summed E-state index contributed by atoms with van der Waals surface area (Å²) in [5.41, 5.74) is 6.04. The number of carbonyl (C=O) groups is 1. The number of nitrogens with two attached hydrogens (primary N) is 1.